The van der Waals surface area contributed by atoms with E-state index >= 15 is 0 Å². The number of likely N-dealkylation sites (N-methyl/N-ethyl adjacent to an activating group) is 1. The topological polar surface area (TPSA) is 108 Å². The highest BCUT2D eigenvalue weighted by atomic mass is 16.7. The minimum atomic E-state index is -1.51. The molecule has 0 aliphatic rings. The fourth-order valence-corrected chi connectivity index (χ4v) is 6.82. The number of allylic oxidation sites excluding steroid dienone is 10. The number of carbonyl (C=O) groups excluding carboxylic acids is 2. The van der Waals surface area contributed by atoms with E-state index in [9.17, 15) is 19.5 Å². The van der Waals surface area contributed by atoms with E-state index in [0.29, 0.717) is 23.9 Å². The van der Waals surface area contributed by atoms with Gasteiger partial charge in [0.2, 0.25) is 0 Å². The molecular weight excluding hydrogens is 791 g/mol. The van der Waals surface area contributed by atoms with Crippen molar-refractivity contribution in [2.45, 2.75) is 219 Å². The van der Waals surface area contributed by atoms with Crippen LogP contribution in [-0.4, -0.2) is 87.4 Å². The van der Waals surface area contributed by atoms with E-state index in [2.05, 4.69) is 74.6 Å². The summed E-state index contributed by atoms with van der Waals surface area (Å²) in [6.07, 6.45) is 52.8. The Labute approximate surface area is 386 Å². The number of hydrogen-bond donors (Lipinski definition) is 1. The third kappa shape index (κ3) is 46.8. The average molecular weight is 887 g/mol. The molecule has 0 saturated carbocycles. The molecule has 1 N–H and O–H groups in total. The van der Waals surface area contributed by atoms with Gasteiger partial charge in [0.15, 0.2) is 6.10 Å². The summed E-state index contributed by atoms with van der Waals surface area (Å²) in [6.45, 7) is 4.74. The number of hydrogen-bond acceptors (Lipinski definition) is 7. The molecule has 2 unspecified atom stereocenters. The van der Waals surface area contributed by atoms with E-state index in [1.165, 1.54) is 103 Å². The summed E-state index contributed by atoms with van der Waals surface area (Å²) in [4.78, 5) is 37.3. The Morgan fingerprint density at radius 1 is 0.492 bits per heavy atom. The Morgan fingerprint density at radius 3 is 1.37 bits per heavy atom. The first-order chi connectivity index (χ1) is 30.6. The van der Waals surface area contributed by atoms with E-state index in [1.807, 2.05) is 21.1 Å². The normalized spacial score (nSPS) is 13.3. The molecule has 0 aromatic heterocycles. The fourth-order valence-electron chi connectivity index (χ4n) is 6.82. The largest absolute Gasteiger partial charge is 0.477 e. The van der Waals surface area contributed by atoms with Crippen LogP contribution in [0.1, 0.15) is 206 Å². The average Bonchev–Trinajstić information content (AvgIpc) is 3.24. The Balaban J connectivity index is 4.37. The SMILES string of the molecule is CC/C=C\C/C=C\C/C=C\C/C=C\CCCCCCCCCCC(=O)OC(COC(=O)CCCCCCCCC/C=C\CCCCCCCC)COC(OCC[N+](C)(C)C)C(=O)O. The van der Waals surface area contributed by atoms with Crippen LogP contribution in [0.15, 0.2) is 60.8 Å². The molecule has 0 aromatic carbocycles. The molecule has 0 spiro atoms. The quantitative estimate of drug-likeness (QED) is 0.0212. The first-order valence-electron chi connectivity index (χ1n) is 25.5. The van der Waals surface area contributed by atoms with Crippen LogP contribution in [0, 0.1) is 0 Å². The van der Waals surface area contributed by atoms with Crippen molar-refractivity contribution in [2.24, 2.45) is 0 Å². The maximum absolute atomic E-state index is 12.8. The summed E-state index contributed by atoms with van der Waals surface area (Å²) in [6, 6.07) is 0. The Kier molecular flexibility index (Phi) is 43.4. The zero-order chi connectivity index (χ0) is 46.3. The van der Waals surface area contributed by atoms with Gasteiger partial charge < -0.3 is 28.5 Å². The number of carbonyl (C=O) groups is 3. The van der Waals surface area contributed by atoms with Crippen molar-refractivity contribution in [1.82, 2.24) is 0 Å². The molecule has 0 bridgehead atoms. The molecule has 9 heteroatoms. The van der Waals surface area contributed by atoms with Crippen LogP contribution in [0.5, 0.6) is 0 Å². The summed E-state index contributed by atoms with van der Waals surface area (Å²) in [5.41, 5.74) is 0. The minimum absolute atomic E-state index is 0.183. The van der Waals surface area contributed by atoms with Gasteiger partial charge in [0, 0.05) is 12.8 Å². The van der Waals surface area contributed by atoms with E-state index < -0.39 is 24.3 Å². The fraction of sp³-hybridized carbons (Fsp3) is 0.759. The highest BCUT2D eigenvalue weighted by Crippen LogP contribution is 2.14. The Hall–Kier alpha value is -3.01. The van der Waals surface area contributed by atoms with Gasteiger partial charge in [0.25, 0.3) is 6.29 Å². The Morgan fingerprint density at radius 2 is 0.905 bits per heavy atom. The summed E-state index contributed by atoms with van der Waals surface area (Å²) in [5.74, 6) is -2.02. The van der Waals surface area contributed by atoms with Gasteiger partial charge in [-0.15, -0.1) is 0 Å². The van der Waals surface area contributed by atoms with E-state index in [0.717, 1.165) is 70.6 Å². The summed E-state index contributed by atoms with van der Waals surface area (Å²) >= 11 is 0. The number of unbranched alkanes of at least 4 members (excludes halogenated alkanes) is 21. The molecule has 0 rings (SSSR count). The van der Waals surface area contributed by atoms with Gasteiger partial charge in [-0.3, -0.25) is 9.59 Å². The smallest absolute Gasteiger partial charge is 0.361 e. The first kappa shape index (κ1) is 60.0. The van der Waals surface area contributed by atoms with Crippen molar-refractivity contribution in [3.05, 3.63) is 60.8 Å². The van der Waals surface area contributed by atoms with Crippen molar-refractivity contribution in [2.75, 3.05) is 47.5 Å². The van der Waals surface area contributed by atoms with Crippen molar-refractivity contribution in [3.63, 3.8) is 0 Å². The zero-order valence-corrected chi connectivity index (χ0v) is 41.2. The van der Waals surface area contributed by atoms with E-state index in [1.54, 1.807) is 0 Å². The lowest BCUT2D eigenvalue weighted by Gasteiger charge is -2.25. The van der Waals surface area contributed by atoms with Gasteiger partial charge in [0.1, 0.15) is 13.2 Å². The number of quaternary nitrogens is 1. The number of ether oxygens (including phenoxy) is 4. The number of nitrogens with zero attached hydrogens (tertiary/aromatic N) is 1. The van der Waals surface area contributed by atoms with Crippen molar-refractivity contribution >= 4 is 17.9 Å². The predicted molar refractivity (Wildman–Crippen MR) is 263 cm³/mol. The molecule has 0 aromatic rings. The van der Waals surface area contributed by atoms with Crippen LogP contribution in [0.4, 0.5) is 0 Å². The Bertz CT molecular complexity index is 1220. The molecule has 0 radical (unpaired) electrons. The lowest BCUT2D eigenvalue weighted by Crippen LogP contribution is -2.40. The van der Waals surface area contributed by atoms with Crippen LogP contribution in [0.3, 0.4) is 0 Å². The number of aliphatic carboxylic acids is 1. The molecule has 0 fully saturated rings. The van der Waals surface area contributed by atoms with Crippen LogP contribution in [0.2, 0.25) is 0 Å². The second-order valence-corrected chi connectivity index (χ2v) is 18.1. The standard InChI is InChI=1S/C54H95NO8/c1-6-8-10-12-14-16-18-20-22-24-25-26-27-29-31-33-35-37-39-41-43-45-52(57)63-50(49-62-54(53(58)59)60-47-46-55(3,4)5)48-61-51(56)44-42-40-38-36-34-32-30-28-23-21-19-17-15-13-11-9-7-2/h8,10,14,16,20-23,25-26,50,54H,6-7,9,11-13,15,17-19,24,27-49H2,1-5H3/p+1/b10-8-,16-14-,22-20-,23-21-,26-25-. The first-order valence-corrected chi connectivity index (χ1v) is 25.5. The monoisotopic (exact) mass is 887 g/mol. The van der Waals surface area contributed by atoms with Crippen LogP contribution < -0.4 is 0 Å². The molecule has 63 heavy (non-hydrogen) atoms. The number of esters is 2. The third-order valence-corrected chi connectivity index (χ3v) is 10.8. The predicted octanol–water partition coefficient (Wildman–Crippen LogP) is 14.1. The minimum Gasteiger partial charge on any atom is -0.477 e. The van der Waals surface area contributed by atoms with Gasteiger partial charge in [-0.05, 0) is 77.0 Å². The number of carboxylic acid groups (broad SMARTS) is 1. The van der Waals surface area contributed by atoms with Crippen LogP contribution >= 0.6 is 0 Å². The zero-order valence-electron chi connectivity index (χ0n) is 41.2. The molecule has 0 aliphatic carbocycles. The highest BCUT2D eigenvalue weighted by molar-refractivity contribution is 5.71. The molecule has 2 atom stereocenters. The third-order valence-electron chi connectivity index (χ3n) is 10.8. The molecule has 0 heterocycles. The van der Waals surface area contributed by atoms with Crippen LogP contribution in [-0.2, 0) is 33.3 Å². The van der Waals surface area contributed by atoms with Gasteiger partial charge in [-0.2, -0.15) is 0 Å². The lowest BCUT2D eigenvalue weighted by molar-refractivity contribution is -0.870. The summed E-state index contributed by atoms with van der Waals surface area (Å²) < 4.78 is 22.8. The molecule has 0 aliphatic heterocycles. The maximum Gasteiger partial charge on any atom is 0.361 e. The van der Waals surface area contributed by atoms with Crippen molar-refractivity contribution < 1.29 is 42.9 Å². The van der Waals surface area contributed by atoms with Gasteiger partial charge in [-0.1, -0.05) is 177 Å². The molecular formula is C54H96NO8+. The number of rotatable bonds is 46. The molecule has 0 amide bonds. The van der Waals surface area contributed by atoms with Gasteiger partial charge in [-0.25, -0.2) is 4.79 Å². The van der Waals surface area contributed by atoms with E-state index in [4.69, 9.17) is 18.9 Å². The van der Waals surface area contributed by atoms with Gasteiger partial charge in [0.05, 0.1) is 34.4 Å². The van der Waals surface area contributed by atoms with Gasteiger partial charge >= 0.3 is 17.9 Å². The highest BCUT2D eigenvalue weighted by Gasteiger charge is 2.25. The molecule has 9 nitrogen and oxygen atoms in total. The summed E-state index contributed by atoms with van der Waals surface area (Å²) in [5, 5.41) is 9.67. The number of carboxylic acids is 1. The lowest BCUT2D eigenvalue weighted by atomic mass is 10.1. The maximum atomic E-state index is 12.8. The van der Waals surface area contributed by atoms with Crippen molar-refractivity contribution in [1.29, 1.82) is 0 Å². The molecule has 364 valence electrons. The van der Waals surface area contributed by atoms with Crippen LogP contribution in [0.25, 0.3) is 0 Å². The second-order valence-electron chi connectivity index (χ2n) is 18.1. The second kappa shape index (κ2) is 45.6. The summed E-state index contributed by atoms with van der Waals surface area (Å²) in [7, 11) is 5.95. The van der Waals surface area contributed by atoms with E-state index in [-0.39, 0.29) is 32.2 Å². The molecule has 0 saturated heterocycles. The van der Waals surface area contributed by atoms with Crippen molar-refractivity contribution in [3.8, 4) is 0 Å².